The van der Waals surface area contributed by atoms with Gasteiger partial charge in [-0.3, -0.25) is 4.68 Å². The summed E-state index contributed by atoms with van der Waals surface area (Å²) in [5.41, 5.74) is 9.74. The van der Waals surface area contributed by atoms with E-state index in [1.54, 1.807) is 4.68 Å². The van der Waals surface area contributed by atoms with Crippen LogP contribution in [0, 0.1) is 6.92 Å². The van der Waals surface area contributed by atoms with Crippen molar-refractivity contribution in [2.75, 3.05) is 0 Å². The van der Waals surface area contributed by atoms with Gasteiger partial charge in [-0.05, 0) is 25.3 Å². The van der Waals surface area contributed by atoms with Crippen molar-refractivity contribution in [3.05, 3.63) is 47.3 Å². The number of nitrogens with zero attached hydrogens (tertiary/aromatic N) is 3. The number of aromatic nitrogens is 3. The van der Waals surface area contributed by atoms with Crippen molar-refractivity contribution in [2.24, 2.45) is 12.8 Å². The number of hydrogen-bond acceptors (Lipinski definition) is 3. The molecule has 0 amide bonds. The predicted octanol–water partition coefficient (Wildman–Crippen LogP) is 1.63. The highest BCUT2D eigenvalue weighted by atomic mass is 15.4. The molecule has 18 heavy (non-hydrogen) atoms. The van der Waals surface area contributed by atoms with Gasteiger partial charge in [-0.15, -0.1) is 5.10 Å². The Morgan fingerprint density at radius 3 is 2.89 bits per heavy atom. The molecule has 0 saturated heterocycles. The van der Waals surface area contributed by atoms with Gasteiger partial charge in [-0.2, -0.15) is 0 Å². The molecular formula is C14H20N4. The number of aryl methyl sites for hydroxylation is 3. The third-order valence-electron chi connectivity index (χ3n) is 3.01. The maximum Gasteiger partial charge on any atom is 0.0842 e. The lowest BCUT2D eigenvalue weighted by Crippen LogP contribution is -2.23. The second-order valence-electron chi connectivity index (χ2n) is 4.88. The van der Waals surface area contributed by atoms with Crippen molar-refractivity contribution < 1.29 is 0 Å². The molecule has 0 bridgehead atoms. The molecule has 1 unspecified atom stereocenters. The maximum atomic E-state index is 6.12. The summed E-state index contributed by atoms with van der Waals surface area (Å²) in [6.07, 6.45) is 4.70. The summed E-state index contributed by atoms with van der Waals surface area (Å²) in [4.78, 5) is 0. The Labute approximate surface area is 108 Å². The molecule has 0 spiro atoms. The molecule has 2 rings (SSSR count). The first-order valence-corrected chi connectivity index (χ1v) is 6.30. The summed E-state index contributed by atoms with van der Waals surface area (Å²) in [5.74, 6) is 0. The standard InChI is InChI=1S/C14H20N4/c1-11-4-3-5-12(8-11)6-7-13(15)9-14-10-18(2)17-16-14/h3-5,8,10,13H,6-7,9,15H2,1-2H3. The summed E-state index contributed by atoms with van der Waals surface area (Å²) >= 11 is 0. The lowest BCUT2D eigenvalue weighted by Gasteiger charge is -2.09. The monoisotopic (exact) mass is 244 g/mol. The first-order valence-electron chi connectivity index (χ1n) is 6.30. The molecule has 0 aliphatic carbocycles. The second kappa shape index (κ2) is 5.78. The largest absolute Gasteiger partial charge is 0.327 e. The number of nitrogens with two attached hydrogens (primary N) is 1. The van der Waals surface area contributed by atoms with Crippen molar-refractivity contribution in [2.45, 2.75) is 32.2 Å². The Bertz CT molecular complexity index is 504. The lowest BCUT2D eigenvalue weighted by atomic mass is 10.0. The van der Waals surface area contributed by atoms with E-state index in [0.717, 1.165) is 25.0 Å². The minimum absolute atomic E-state index is 0.141. The zero-order valence-corrected chi connectivity index (χ0v) is 11.0. The van der Waals surface area contributed by atoms with Gasteiger partial charge < -0.3 is 5.73 Å². The van der Waals surface area contributed by atoms with E-state index >= 15 is 0 Å². The van der Waals surface area contributed by atoms with E-state index in [0.29, 0.717) is 0 Å². The topological polar surface area (TPSA) is 56.7 Å². The zero-order chi connectivity index (χ0) is 13.0. The smallest absolute Gasteiger partial charge is 0.0842 e. The number of rotatable bonds is 5. The average molecular weight is 244 g/mol. The fourth-order valence-electron chi connectivity index (χ4n) is 2.08. The highest BCUT2D eigenvalue weighted by Gasteiger charge is 2.07. The first-order chi connectivity index (χ1) is 8.63. The molecule has 0 aliphatic heterocycles. The van der Waals surface area contributed by atoms with Crippen LogP contribution in [-0.4, -0.2) is 21.0 Å². The molecule has 1 atom stereocenters. The molecule has 1 heterocycles. The van der Waals surface area contributed by atoms with Gasteiger partial charge in [-0.1, -0.05) is 35.0 Å². The van der Waals surface area contributed by atoms with Crippen LogP contribution in [0.3, 0.4) is 0 Å². The Hall–Kier alpha value is -1.68. The van der Waals surface area contributed by atoms with Gasteiger partial charge in [-0.25, -0.2) is 0 Å². The third-order valence-corrected chi connectivity index (χ3v) is 3.01. The first kappa shape index (κ1) is 12.8. The van der Waals surface area contributed by atoms with Crippen molar-refractivity contribution in [1.29, 1.82) is 0 Å². The van der Waals surface area contributed by atoms with E-state index < -0.39 is 0 Å². The van der Waals surface area contributed by atoms with Gasteiger partial charge >= 0.3 is 0 Å². The molecule has 2 N–H and O–H groups in total. The molecular weight excluding hydrogens is 224 g/mol. The molecule has 0 aliphatic rings. The lowest BCUT2D eigenvalue weighted by molar-refractivity contribution is 0.601. The SMILES string of the molecule is Cc1cccc(CCC(N)Cc2cn(C)nn2)c1. The molecule has 1 aromatic carbocycles. The fourth-order valence-corrected chi connectivity index (χ4v) is 2.08. The fraction of sp³-hybridized carbons (Fsp3) is 0.429. The quantitative estimate of drug-likeness (QED) is 0.869. The van der Waals surface area contributed by atoms with E-state index in [1.165, 1.54) is 11.1 Å². The van der Waals surface area contributed by atoms with Gasteiger partial charge in [0.15, 0.2) is 0 Å². The van der Waals surface area contributed by atoms with Gasteiger partial charge in [0.05, 0.1) is 5.69 Å². The van der Waals surface area contributed by atoms with Crippen LogP contribution in [0.4, 0.5) is 0 Å². The van der Waals surface area contributed by atoms with Gasteiger partial charge in [0.2, 0.25) is 0 Å². The van der Waals surface area contributed by atoms with Crippen LogP contribution >= 0.6 is 0 Å². The summed E-state index contributed by atoms with van der Waals surface area (Å²) in [6.45, 7) is 2.11. The predicted molar refractivity (Wildman–Crippen MR) is 72.2 cm³/mol. The normalized spacial score (nSPS) is 12.6. The number of hydrogen-bond donors (Lipinski definition) is 1. The molecule has 4 nitrogen and oxygen atoms in total. The maximum absolute atomic E-state index is 6.12. The molecule has 4 heteroatoms. The van der Waals surface area contributed by atoms with Crippen molar-refractivity contribution in [1.82, 2.24) is 15.0 Å². The molecule has 0 fully saturated rings. The van der Waals surface area contributed by atoms with Crippen LogP contribution in [0.15, 0.2) is 30.5 Å². The van der Waals surface area contributed by atoms with Crippen LogP contribution in [0.2, 0.25) is 0 Å². The highest BCUT2D eigenvalue weighted by molar-refractivity contribution is 5.22. The van der Waals surface area contributed by atoms with Crippen LogP contribution in [0.1, 0.15) is 23.2 Å². The number of benzene rings is 1. The van der Waals surface area contributed by atoms with Gasteiger partial charge in [0, 0.05) is 25.7 Å². The van der Waals surface area contributed by atoms with Crippen molar-refractivity contribution in [3.63, 3.8) is 0 Å². The van der Waals surface area contributed by atoms with E-state index in [-0.39, 0.29) is 6.04 Å². The van der Waals surface area contributed by atoms with E-state index in [4.69, 9.17) is 5.73 Å². The Morgan fingerprint density at radius 1 is 1.39 bits per heavy atom. The van der Waals surface area contributed by atoms with Crippen LogP contribution in [-0.2, 0) is 19.9 Å². The van der Waals surface area contributed by atoms with Gasteiger partial charge in [0.25, 0.3) is 0 Å². The Morgan fingerprint density at radius 2 is 2.22 bits per heavy atom. The summed E-state index contributed by atoms with van der Waals surface area (Å²) in [5, 5.41) is 7.97. The van der Waals surface area contributed by atoms with E-state index in [1.807, 2.05) is 13.2 Å². The summed E-state index contributed by atoms with van der Waals surface area (Å²) in [6, 6.07) is 8.72. The van der Waals surface area contributed by atoms with Crippen LogP contribution in [0.25, 0.3) is 0 Å². The van der Waals surface area contributed by atoms with Gasteiger partial charge in [0.1, 0.15) is 0 Å². The van der Waals surface area contributed by atoms with Crippen LogP contribution < -0.4 is 5.73 Å². The molecule has 2 aromatic rings. The Kier molecular flexibility index (Phi) is 4.10. The minimum Gasteiger partial charge on any atom is -0.327 e. The van der Waals surface area contributed by atoms with Crippen LogP contribution in [0.5, 0.6) is 0 Å². The third kappa shape index (κ3) is 3.67. The zero-order valence-electron chi connectivity index (χ0n) is 11.0. The summed E-state index contributed by atoms with van der Waals surface area (Å²) < 4.78 is 1.71. The van der Waals surface area contributed by atoms with E-state index in [9.17, 15) is 0 Å². The molecule has 1 aromatic heterocycles. The van der Waals surface area contributed by atoms with Crippen molar-refractivity contribution >= 4 is 0 Å². The minimum atomic E-state index is 0.141. The molecule has 0 radical (unpaired) electrons. The Balaban J connectivity index is 1.83. The van der Waals surface area contributed by atoms with Crippen molar-refractivity contribution in [3.8, 4) is 0 Å². The van der Waals surface area contributed by atoms with E-state index in [2.05, 4.69) is 41.5 Å². The molecule has 96 valence electrons. The second-order valence-corrected chi connectivity index (χ2v) is 4.88. The highest BCUT2D eigenvalue weighted by Crippen LogP contribution is 2.09. The summed E-state index contributed by atoms with van der Waals surface area (Å²) in [7, 11) is 1.87. The molecule has 0 saturated carbocycles. The average Bonchev–Trinajstić information content (AvgIpc) is 2.72.